The number of rotatable bonds is 11. The van der Waals surface area contributed by atoms with E-state index in [4.69, 9.17) is 18.9 Å². The van der Waals surface area contributed by atoms with Crippen LogP contribution in [0.15, 0.2) is 24.3 Å². The summed E-state index contributed by atoms with van der Waals surface area (Å²) in [5.41, 5.74) is 5.32. The Morgan fingerprint density at radius 3 is 2.09 bits per heavy atom. The third-order valence-corrected chi connectivity index (χ3v) is 6.34. The van der Waals surface area contributed by atoms with Crippen LogP contribution in [0.4, 0.5) is 0 Å². The third-order valence-electron chi connectivity index (χ3n) is 5.18. The Kier molecular flexibility index (Phi) is 12.0. The Morgan fingerprint density at radius 2 is 1.50 bits per heavy atom. The van der Waals surface area contributed by atoms with Gasteiger partial charge in [-0.3, -0.25) is 4.79 Å². The molecule has 2 aromatic carbocycles. The monoisotopic (exact) mass is 454 g/mol. The van der Waals surface area contributed by atoms with E-state index in [1.165, 1.54) is 5.56 Å². The second-order valence-electron chi connectivity index (χ2n) is 7.53. The zero-order chi connectivity index (χ0) is 23.1. The Bertz CT molecular complexity index is 922. The van der Waals surface area contributed by atoms with Gasteiger partial charge in [-0.05, 0) is 98.4 Å². The SMILES string of the molecule is CCOC(C)Oc1ccc(PC(=O)c2c(C)cc(C)c(C)c2C)c(OC(C)OCC)c1.[H-].[Li+]. The molecular formula is C25H36LiO5P. The number of ether oxygens (including phenoxy) is 4. The van der Waals surface area contributed by atoms with Crippen molar-refractivity contribution in [2.75, 3.05) is 13.2 Å². The molecule has 0 radical (unpaired) electrons. The van der Waals surface area contributed by atoms with E-state index in [0.29, 0.717) is 24.7 Å². The smallest absolute Gasteiger partial charge is 1.00 e. The van der Waals surface area contributed by atoms with Crippen molar-refractivity contribution in [1.29, 1.82) is 0 Å². The molecule has 0 aliphatic carbocycles. The van der Waals surface area contributed by atoms with Crippen LogP contribution in [0.5, 0.6) is 11.5 Å². The largest absolute Gasteiger partial charge is 1.00 e. The Morgan fingerprint density at radius 1 is 0.906 bits per heavy atom. The summed E-state index contributed by atoms with van der Waals surface area (Å²) in [4.78, 5) is 13.3. The van der Waals surface area contributed by atoms with Gasteiger partial charge in [0.2, 0.25) is 0 Å². The van der Waals surface area contributed by atoms with E-state index in [1.54, 1.807) is 6.07 Å². The van der Waals surface area contributed by atoms with Crippen molar-refractivity contribution >= 4 is 19.4 Å². The van der Waals surface area contributed by atoms with Crippen LogP contribution in [-0.2, 0) is 9.47 Å². The van der Waals surface area contributed by atoms with Crippen LogP contribution < -0.4 is 33.6 Å². The van der Waals surface area contributed by atoms with Gasteiger partial charge in [-0.1, -0.05) is 6.07 Å². The summed E-state index contributed by atoms with van der Waals surface area (Å²) in [6, 6.07) is 7.63. The number of carbonyl (C=O) groups is 1. The van der Waals surface area contributed by atoms with Crippen molar-refractivity contribution < 1.29 is 44.0 Å². The maximum Gasteiger partial charge on any atom is 1.00 e. The second-order valence-corrected chi connectivity index (χ2v) is 8.77. The average Bonchev–Trinajstić information content (AvgIpc) is 2.68. The molecule has 5 nitrogen and oxygen atoms in total. The molecule has 0 saturated carbocycles. The van der Waals surface area contributed by atoms with Crippen molar-refractivity contribution in [2.45, 2.75) is 68.0 Å². The molecule has 7 heteroatoms. The minimum Gasteiger partial charge on any atom is -1.00 e. The molecule has 0 fully saturated rings. The minimum absolute atomic E-state index is 0. The first-order chi connectivity index (χ1) is 14.7. The van der Waals surface area contributed by atoms with Gasteiger partial charge in [-0.25, -0.2) is 0 Å². The van der Waals surface area contributed by atoms with Gasteiger partial charge < -0.3 is 20.4 Å². The maximum absolute atomic E-state index is 13.3. The fraction of sp³-hybridized carbons (Fsp3) is 0.480. The molecule has 172 valence electrons. The van der Waals surface area contributed by atoms with Gasteiger partial charge in [0.25, 0.3) is 0 Å². The van der Waals surface area contributed by atoms with Crippen molar-refractivity contribution in [3.8, 4) is 11.5 Å². The number of aryl methyl sites for hydroxylation is 2. The van der Waals surface area contributed by atoms with Gasteiger partial charge in [0.05, 0.1) is 0 Å². The first-order valence-electron chi connectivity index (χ1n) is 10.8. The molecular weight excluding hydrogens is 418 g/mol. The molecule has 32 heavy (non-hydrogen) atoms. The van der Waals surface area contributed by atoms with Crippen LogP contribution in [0, 0.1) is 27.7 Å². The predicted molar refractivity (Wildman–Crippen MR) is 129 cm³/mol. The molecule has 0 saturated heterocycles. The van der Waals surface area contributed by atoms with E-state index in [9.17, 15) is 4.79 Å². The predicted octanol–water partition coefficient (Wildman–Crippen LogP) is 2.70. The standard InChI is InChI=1S/C25H35O5P.Li.H/c1-9-27-19(7)29-21-11-12-23(22(14-21)30-20(8)28-10-2)31-25(26)24-16(4)13-15(3)17(5)18(24)6;;/h11-14,19-20,31H,9-10H2,1-8H3;;/q;+1;-1. The summed E-state index contributed by atoms with van der Waals surface area (Å²) in [6.07, 6.45) is -0.814. The molecule has 3 atom stereocenters. The molecule has 0 aliphatic rings. The summed E-state index contributed by atoms with van der Waals surface area (Å²) in [5.74, 6) is 1.21. The molecule has 0 spiro atoms. The van der Waals surface area contributed by atoms with E-state index < -0.39 is 6.29 Å². The molecule has 0 heterocycles. The van der Waals surface area contributed by atoms with Crippen molar-refractivity contribution in [1.82, 2.24) is 0 Å². The Labute approximate surface area is 208 Å². The van der Waals surface area contributed by atoms with Crippen molar-refractivity contribution in [3.63, 3.8) is 0 Å². The van der Waals surface area contributed by atoms with Gasteiger partial charge in [0.1, 0.15) is 11.5 Å². The summed E-state index contributed by atoms with van der Waals surface area (Å²) in [7, 11) is -0.0716. The normalized spacial score (nSPS) is 13.0. The van der Waals surface area contributed by atoms with E-state index in [2.05, 4.69) is 19.9 Å². The van der Waals surface area contributed by atoms with Crippen LogP contribution in [-0.4, -0.2) is 31.3 Å². The number of hydrogen-bond donors (Lipinski definition) is 0. The van der Waals surface area contributed by atoms with Crippen LogP contribution in [0.3, 0.4) is 0 Å². The molecule has 0 bridgehead atoms. The fourth-order valence-corrected chi connectivity index (χ4v) is 4.68. The first kappa shape index (κ1) is 28.7. The Hall–Kier alpha value is -1.34. The van der Waals surface area contributed by atoms with Gasteiger partial charge in [-0.15, -0.1) is 0 Å². The number of carbonyl (C=O) groups excluding carboxylic acids is 1. The Balaban J connectivity index is 0.00000512. The molecule has 0 amide bonds. The van der Waals surface area contributed by atoms with Crippen molar-refractivity contribution in [2.24, 2.45) is 0 Å². The van der Waals surface area contributed by atoms with E-state index in [-0.39, 0.29) is 40.7 Å². The van der Waals surface area contributed by atoms with Gasteiger partial charge in [-0.2, -0.15) is 0 Å². The average molecular weight is 454 g/mol. The zero-order valence-corrected chi connectivity index (χ0v) is 21.9. The number of hydrogen-bond acceptors (Lipinski definition) is 5. The number of benzene rings is 2. The first-order valence-corrected chi connectivity index (χ1v) is 11.8. The summed E-state index contributed by atoms with van der Waals surface area (Å²) < 4.78 is 22.9. The maximum atomic E-state index is 13.3. The van der Waals surface area contributed by atoms with E-state index >= 15 is 0 Å². The topological polar surface area (TPSA) is 54.0 Å². The zero-order valence-electron chi connectivity index (χ0n) is 21.9. The second kappa shape index (κ2) is 13.4. The molecule has 0 aromatic heterocycles. The molecule has 0 aliphatic heterocycles. The van der Waals surface area contributed by atoms with E-state index in [0.717, 1.165) is 27.6 Å². The van der Waals surface area contributed by atoms with Crippen LogP contribution in [0.2, 0.25) is 0 Å². The quantitative estimate of drug-likeness (QED) is 0.297. The molecule has 2 rings (SSSR count). The molecule has 2 aromatic rings. The van der Waals surface area contributed by atoms with Crippen molar-refractivity contribution in [3.05, 3.63) is 52.1 Å². The molecule has 0 N–H and O–H groups in total. The summed E-state index contributed by atoms with van der Waals surface area (Å²) in [6.45, 7) is 16.8. The van der Waals surface area contributed by atoms with E-state index in [1.807, 2.05) is 53.7 Å². The fourth-order valence-electron chi connectivity index (χ4n) is 3.50. The van der Waals surface area contributed by atoms with Crippen LogP contribution in [0.1, 0.15) is 61.7 Å². The van der Waals surface area contributed by atoms with Crippen LogP contribution in [0.25, 0.3) is 0 Å². The molecule has 3 unspecified atom stereocenters. The van der Waals surface area contributed by atoms with Gasteiger partial charge in [0.15, 0.2) is 18.1 Å². The van der Waals surface area contributed by atoms with Gasteiger partial charge in [0, 0.05) is 30.1 Å². The summed E-state index contributed by atoms with van der Waals surface area (Å²) in [5, 5.41) is 0.824. The van der Waals surface area contributed by atoms with Gasteiger partial charge >= 0.3 is 18.9 Å². The third kappa shape index (κ3) is 7.61. The van der Waals surface area contributed by atoms with Crippen LogP contribution >= 0.6 is 8.58 Å². The minimum atomic E-state index is -0.437. The summed E-state index contributed by atoms with van der Waals surface area (Å²) >= 11 is 0.